The van der Waals surface area contributed by atoms with E-state index in [2.05, 4.69) is 25.8 Å². The Hall–Kier alpha value is -1.71. The maximum Gasteiger partial charge on any atom is 0.408 e. The Balaban J connectivity index is 2.54. The van der Waals surface area contributed by atoms with E-state index in [0.29, 0.717) is 11.4 Å². The van der Waals surface area contributed by atoms with Gasteiger partial charge in [-0.25, -0.2) is 9.78 Å². The van der Waals surface area contributed by atoms with E-state index < -0.39 is 11.6 Å². The van der Waals surface area contributed by atoms with E-state index in [-0.39, 0.29) is 43.0 Å². The van der Waals surface area contributed by atoms with E-state index in [1.165, 1.54) is 23.3 Å². The maximum absolute atomic E-state index is 12.2. The molecule has 8 nitrogen and oxygen atoms in total. The first-order valence-electron chi connectivity index (χ1n) is 9.16. The first kappa shape index (κ1) is 22.6. The molecule has 0 bridgehead atoms. The minimum atomic E-state index is -1.03. The molecule has 0 spiro atoms. The Morgan fingerprint density at radius 3 is 2.54 bits per heavy atom. The molecule has 1 aromatic rings. The SMILES string of the molecule is COC[C@@]1(c2ncc(CCC(=O)OC)s2)C(C(C)(C)C)[C@H](OC)CN1C(=O)O. The molecule has 1 N–H and O–H groups in total. The first-order chi connectivity index (χ1) is 13.1. The second-order valence-corrected chi connectivity index (χ2v) is 9.19. The van der Waals surface area contributed by atoms with E-state index >= 15 is 0 Å². The van der Waals surface area contributed by atoms with Crippen LogP contribution in [0.15, 0.2) is 6.20 Å². The smallest absolute Gasteiger partial charge is 0.408 e. The number of hydrogen-bond acceptors (Lipinski definition) is 7. The van der Waals surface area contributed by atoms with Gasteiger partial charge < -0.3 is 19.3 Å². The van der Waals surface area contributed by atoms with Gasteiger partial charge in [0.2, 0.25) is 0 Å². The number of ether oxygens (including phenoxy) is 3. The molecular formula is C19H30N2O6S. The van der Waals surface area contributed by atoms with E-state index in [0.717, 1.165) is 4.88 Å². The normalized spacial score (nSPS) is 25.1. The lowest BCUT2D eigenvalue weighted by Gasteiger charge is -2.44. The third-order valence-electron chi connectivity index (χ3n) is 5.29. The molecule has 1 unspecified atom stereocenters. The highest BCUT2D eigenvalue weighted by Gasteiger charge is 2.62. The van der Waals surface area contributed by atoms with Crippen LogP contribution < -0.4 is 0 Å². The summed E-state index contributed by atoms with van der Waals surface area (Å²) in [6.07, 6.45) is 1.14. The molecule has 0 radical (unpaired) electrons. The molecule has 0 saturated carbocycles. The number of esters is 1. The van der Waals surface area contributed by atoms with Crippen molar-refractivity contribution in [3.05, 3.63) is 16.1 Å². The lowest BCUT2D eigenvalue weighted by Crippen LogP contribution is -2.54. The molecule has 1 aromatic heterocycles. The molecule has 1 aliphatic rings. The molecule has 1 amide bonds. The molecule has 2 heterocycles. The Bertz CT molecular complexity index is 701. The average molecular weight is 415 g/mol. The Kier molecular flexibility index (Phi) is 7.06. The van der Waals surface area contributed by atoms with Crippen LogP contribution in [0.4, 0.5) is 4.79 Å². The van der Waals surface area contributed by atoms with Crippen molar-refractivity contribution >= 4 is 23.4 Å². The van der Waals surface area contributed by atoms with Crippen LogP contribution in [-0.2, 0) is 31.0 Å². The molecule has 9 heteroatoms. The number of nitrogens with zero attached hydrogens (tertiary/aromatic N) is 2. The van der Waals surface area contributed by atoms with E-state index in [1.54, 1.807) is 20.4 Å². The van der Waals surface area contributed by atoms with Crippen LogP contribution in [0, 0.1) is 11.3 Å². The standard InChI is InChI=1S/C19H30N2O6S/c1-18(2,3)15-13(26-5)10-21(17(23)24)19(15,11-25-4)16-20-9-12(28-16)7-8-14(22)27-6/h9,13,15H,7-8,10-11H2,1-6H3,(H,23,24)/t13-,15?,19+/m1/s1. The Morgan fingerprint density at radius 2 is 2.04 bits per heavy atom. The first-order valence-corrected chi connectivity index (χ1v) is 9.97. The van der Waals surface area contributed by atoms with E-state index in [1.807, 2.05) is 0 Å². The quantitative estimate of drug-likeness (QED) is 0.685. The number of aromatic nitrogens is 1. The summed E-state index contributed by atoms with van der Waals surface area (Å²) in [6, 6.07) is 0. The highest BCUT2D eigenvalue weighted by atomic mass is 32.1. The van der Waals surface area contributed by atoms with Crippen LogP contribution in [0.25, 0.3) is 0 Å². The van der Waals surface area contributed by atoms with Crippen LogP contribution >= 0.6 is 11.3 Å². The van der Waals surface area contributed by atoms with Crippen LogP contribution in [0.2, 0.25) is 0 Å². The van der Waals surface area contributed by atoms with Crippen LogP contribution in [0.5, 0.6) is 0 Å². The van der Waals surface area contributed by atoms with Crippen molar-refractivity contribution < 1.29 is 28.9 Å². The van der Waals surface area contributed by atoms with Gasteiger partial charge in [-0.2, -0.15) is 0 Å². The third kappa shape index (κ3) is 4.16. The molecule has 158 valence electrons. The van der Waals surface area contributed by atoms with Crippen LogP contribution in [0.3, 0.4) is 0 Å². The summed E-state index contributed by atoms with van der Waals surface area (Å²) < 4.78 is 15.9. The number of amides is 1. The van der Waals surface area contributed by atoms with Gasteiger partial charge in [0.1, 0.15) is 10.5 Å². The van der Waals surface area contributed by atoms with Crippen LogP contribution in [-0.4, -0.2) is 67.6 Å². The monoisotopic (exact) mass is 414 g/mol. The fourth-order valence-corrected chi connectivity index (χ4v) is 5.44. The Morgan fingerprint density at radius 1 is 1.36 bits per heavy atom. The number of likely N-dealkylation sites (tertiary alicyclic amines) is 1. The van der Waals surface area contributed by atoms with Gasteiger partial charge in [0.15, 0.2) is 0 Å². The fourth-order valence-electron chi connectivity index (χ4n) is 4.31. The maximum atomic E-state index is 12.2. The zero-order valence-electron chi connectivity index (χ0n) is 17.4. The lowest BCUT2D eigenvalue weighted by atomic mass is 9.68. The number of methoxy groups -OCH3 is 3. The summed E-state index contributed by atoms with van der Waals surface area (Å²) in [5.41, 5.74) is -1.23. The molecule has 2 rings (SSSR count). The average Bonchev–Trinajstić information content (AvgIpc) is 3.22. The number of thiazole rings is 1. The molecule has 0 aliphatic carbocycles. The van der Waals surface area contributed by atoms with Gasteiger partial charge >= 0.3 is 12.1 Å². The van der Waals surface area contributed by atoms with Gasteiger partial charge in [-0.15, -0.1) is 11.3 Å². The summed E-state index contributed by atoms with van der Waals surface area (Å²) in [7, 11) is 4.53. The van der Waals surface area contributed by atoms with Crippen molar-refractivity contribution in [2.45, 2.75) is 45.3 Å². The van der Waals surface area contributed by atoms with Crippen molar-refractivity contribution in [2.24, 2.45) is 11.3 Å². The number of rotatable bonds is 7. The minimum Gasteiger partial charge on any atom is -0.469 e. The molecule has 1 aliphatic heterocycles. The van der Waals surface area contributed by atoms with Gasteiger partial charge in [-0.3, -0.25) is 9.69 Å². The second kappa shape index (κ2) is 8.75. The fraction of sp³-hybridized carbons (Fsp3) is 0.737. The van der Waals surface area contributed by atoms with Gasteiger partial charge in [-0.1, -0.05) is 20.8 Å². The summed E-state index contributed by atoms with van der Waals surface area (Å²) in [4.78, 5) is 30.5. The number of carbonyl (C=O) groups excluding carboxylic acids is 1. The number of carboxylic acid groups (broad SMARTS) is 1. The number of carbonyl (C=O) groups is 2. The van der Waals surface area contributed by atoms with Gasteiger partial charge in [-0.05, 0) is 11.8 Å². The van der Waals surface area contributed by atoms with E-state index in [4.69, 9.17) is 14.2 Å². The predicted molar refractivity (Wildman–Crippen MR) is 104 cm³/mol. The number of aryl methyl sites for hydroxylation is 1. The molecular weight excluding hydrogens is 384 g/mol. The van der Waals surface area contributed by atoms with Crippen molar-refractivity contribution in [1.82, 2.24) is 9.88 Å². The van der Waals surface area contributed by atoms with Gasteiger partial charge in [0.25, 0.3) is 0 Å². The summed E-state index contributed by atoms with van der Waals surface area (Å²) in [5, 5.41) is 10.6. The third-order valence-corrected chi connectivity index (χ3v) is 6.51. The topological polar surface area (TPSA) is 98.2 Å². The summed E-state index contributed by atoms with van der Waals surface area (Å²) in [5.74, 6) is -0.456. The van der Waals surface area contributed by atoms with Crippen molar-refractivity contribution in [1.29, 1.82) is 0 Å². The number of hydrogen-bond donors (Lipinski definition) is 1. The van der Waals surface area contributed by atoms with E-state index in [9.17, 15) is 14.7 Å². The molecule has 28 heavy (non-hydrogen) atoms. The second-order valence-electron chi connectivity index (χ2n) is 8.08. The summed E-state index contributed by atoms with van der Waals surface area (Å²) >= 11 is 1.42. The minimum absolute atomic E-state index is 0.166. The predicted octanol–water partition coefficient (Wildman–Crippen LogP) is 2.76. The van der Waals surface area contributed by atoms with Crippen molar-refractivity contribution in [3.63, 3.8) is 0 Å². The Labute approximate surface area is 169 Å². The van der Waals surface area contributed by atoms with Crippen molar-refractivity contribution in [3.8, 4) is 0 Å². The molecule has 1 saturated heterocycles. The van der Waals surface area contributed by atoms with Gasteiger partial charge in [0.05, 0.1) is 32.8 Å². The molecule has 1 fully saturated rings. The largest absolute Gasteiger partial charge is 0.469 e. The zero-order chi connectivity index (χ0) is 21.1. The lowest BCUT2D eigenvalue weighted by molar-refractivity contribution is -0.140. The molecule has 3 atom stereocenters. The zero-order valence-corrected chi connectivity index (χ0v) is 18.2. The van der Waals surface area contributed by atoms with Crippen LogP contribution in [0.1, 0.15) is 37.1 Å². The highest BCUT2D eigenvalue weighted by molar-refractivity contribution is 7.11. The highest BCUT2D eigenvalue weighted by Crippen LogP contribution is 2.53. The van der Waals surface area contributed by atoms with Gasteiger partial charge in [0, 0.05) is 31.2 Å². The van der Waals surface area contributed by atoms with Crippen molar-refractivity contribution in [2.75, 3.05) is 34.5 Å². The summed E-state index contributed by atoms with van der Waals surface area (Å²) in [6.45, 7) is 6.64. The molecule has 0 aromatic carbocycles.